The predicted octanol–water partition coefficient (Wildman–Crippen LogP) is 1.36. The Morgan fingerprint density at radius 3 is 3.07 bits per heavy atom. The van der Waals surface area contributed by atoms with Crippen LogP contribution in [0.4, 0.5) is 0 Å². The summed E-state index contributed by atoms with van der Waals surface area (Å²) in [6.45, 7) is 0. The molecule has 0 fully saturated rings. The Morgan fingerprint density at radius 1 is 1.57 bits per heavy atom. The summed E-state index contributed by atoms with van der Waals surface area (Å²) in [5.74, 6) is -0.318. The number of methoxy groups -OCH3 is 1. The minimum Gasteiger partial charge on any atom is -0.465 e. The Balaban J connectivity index is 2.72. The third-order valence-electron chi connectivity index (χ3n) is 2.20. The topological polar surface area (TPSA) is 44.1 Å². The predicted molar refractivity (Wildman–Crippen MR) is 52.1 cm³/mol. The van der Waals surface area contributed by atoms with E-state index in [1.54, 1.807) is 18.6 Å². The number of pyridine rings is 1. The van der Waals surface area contributed by atoms with Crippen LogP contribution in [0.15, 0.2) is 24.7 Å². The van der Waals surface area contributed by atoms with E-state index in [9.17, 15) is 4.79 Å². The average Bonchev–Trinajstić information content (AvgIpc) is 2.56. The summed E-state index contributed by atoms with van der Waals surface area (Å²) >= 11 is 0. The molecule has 0 spiro atoms. The van der Waals surface area contributed by atoms with Crippen molar-refractivity contribution in [2.24, 2.45) is 7.05 Å². The molecule has 0 amide bonds. The van der Waals surface area contributed by atoms with Crippen LogP contribution in [0.2, 0.25) is 0 Å². The van der Waals surface area contributed by atoms with Crippen molar-refractivity contribution in [3.8, 4) is 0 Å². The van der Waals surface area contributed by atoms with Gasteiger partial charge in [0.2, 0.25) is 0 Å². The second kappa shape index (κ2) is 3.14. The third-order valence-corrected chi connectivity index (χ3v) is 2.20. The highest BCUT2D eigenvalue weighted by Crippen LogP contribution is 2.19. The Hall–Kier alpha value is -1.84. The number of hydrogen-bond donors (Lipinski definition) is 0. The van der Waals surface area contributed by atoms with Crippen LogP contribution in [0.1, 0.15) is 10.4 Å². The summed E-state index contributed by atoms with van der Waals surface area (Å²) in [4.78, 5) is 15.4. The minimum atomic E-state index is -0.318. The van der Waals surface area contributed by atoms with Crippen LogP contribution >= 0.6 is 0 Å². The third kappa shape index (κ3) is 1.16. The first-order chi connectivity index (χ1) is 6.74. The number of nitrogens with zero attached hydrogens (tertiary/aromatic N) is 2. The molecular weight excluding hydrogens is 180 g/mol. The van der Waals surface area contributed by atoms with Gasteiger partial charge in [0, 0.05) is 24.8 Å². The quantitative estimate of drug-likeness (QED) is 0.638. The van der Waals surface area contributed by atoms with Gasteiger partial charge >= 0.3 is 5.97 Å². The zero-order chi connectivity index (χ0) is 10.1. The van der Waals surface area contributed by atoms with Crippen molar-refractivity contribution in [3.63, 3.8) is 0 Å². The fourth-order valence-electron chi connectivity index (χ4n) is 1.50. The van der Waals surface area contributed by atoms with Crippen molar-refractivity contribution in [1.29, 1.82) is 0 Å². The largest absolute Gasteiger partial charge is 0.465 e. The van der Waals surface area contributed by atoms with Crippen LogP contribution < -0.4 is 0 Å². The zero-order valence-electron chi connectivity index (χ0n) is 8.02. The molecule has 0 aliphatic heterocycles. The van der Waals surface area contributed by atoms with Crippen molar-refractivity contribution in [2.75, 3.05) is 7.11 Å². The molecule has 0 aliphatic carbocycles. The molecule has 0 unspecified atom stereocenters. The maximum absolute atomic E-state index is 11.4. The standard InChI is InChI=1S/C10H10N2O2/c1-12-6-8(10(13)14-2)7-3-4-11-5-9(7)12/h3-6H,1-2H3. The summed E-state index contributed by atoms with van der Waals surface area (Å²) in [7, 11) is 3.25. The lowest BCUT2D eigenvalue weighted by Crippen LogP contribution is -1.99. The number of esters is 1. The van der Waals surface area contributed by atoms with Crippen LogP contribution in [-0.2, 0) is 11.8 Å². The Labute approximate surface area is 81.1 Å². The molecule has 72 valence electrons. The molecule has 0 aliphatic rings. The number of hydrogen-bond acceptors (Lipinski definition) is 3. The first-order valence-electron chi connectivity index (χ1n) is 4.21. The Kier molecular flexibility index (Phi) is 1.96. The molecule has 14 heavy (non-hydrogen) atoms. The molecule has 0 atom stereocenters. The van der Waals surface area contributed by atoms with Crippen LogP contribution in [0.25, 0.3) is 10.9 Å². The van der Waals surface area contributed by atoms with Crippen LogP contribution in [0.3, 0.4) is 0 Å². The Morgan fingerprint density at radius 2 is 2.36 bits per heavy atom. The normalized spacial score (nSPS) is 10.4. The van der Waals surface area contributed by atoms with Crippen molar-refractivity contribution in [2.45, 2.75) is 0 Å². The number of aromatic nitrogens is 2. The lowest BCUT2D eigenvalue weighted by Gasteiger charge is -1.94. The van der Waals surface area contributed by atoms with Crippen LogP contribution in [-0.4, -0.2) is 22.6 Å². The highest BCUT2D eigenvalue weighted by molar-refractivity contribution is 6.04. The number of aryl methyl sites for hydroxylation is 1. The number of ether oxygens (including phenoxy) is 1. The summed E-state index contributed by atoms with van der Waals surface area (Å²) in [6, 6.07) is 1.81. The Bertz CT molecular complexity index is 488. The summed E-state index contributed by atoms with van der Waals surface area (Å²) < 4.78 is 6.54. The molecular formula is C10H10N2O2. The summed E-state index contributed by atoms with van der Waals surface area (Å²) in [5, 5.41) is 0.870. The van der Waals surface area contributed by atoms with E-state index in [-0.39, 0.29) is 5.97 Å². The molecule has 2 aromatic rings. The highest BCUT2D eigenvalue weighted by atomic mass is 16.5. The van der Waals surface area contributed by atoms with Gasteiger partial charge in [0.25, 0.3) is 0 Å². The van der Waals surface area contributed by atoms with E-state index in [1.807, 2.05) is 17.7 Å². The van der Waals surface area contributed by atoms with Crippen molar-refractivity contribution >= 4 is 16.9 Å². The number of carbonyl (C=O) groups excluding carboxylic acids is 1. The van der Waals surface area contributed by atoms with Gasteiger partial charge < -0.3 is 9.30 Å². The van der Waals surface area contributed by atoms with E-state index in [0.717, 1.165) is 10.9 Å². The fourth-order valence-corrected chi connectivity index (χ4v) is 1.50. The molecule has 0 N–H and O–H groups in total. The van der Waals surface area contributed by atoms with Gasteiger partial charge in [-0.1, -0.05) is 0 Å². The van der Waals surface area contributed by atoms with E-state index in [2.05, 4.69) is 9.72 Å². The average molecular weight is 190 g/mol. The molecule has 0 saturated heterocycles. The van der Waals surface area contributed by atoms with Gasteiger partial charge in [0.05, 0.1) is 24.4 Å². The first kappa shape index (κ1) is 8.74. The SMILES string of the molecule is COC(=O)c1cn(C)c2cnccc12. The molecule has 2 heterocycles. The first-order valence-corrected chi connectivity index (χ1v) is 4.21. The molecule has 4 heteroatoms. The van der Waals surface area contributed by atoms with Gasteiger partial charge in [-0.3, -0.25) is 4.98 Å². The van der Waals surface area contributed by atoms with E-state index in [1.165, 1.54) is 7.11 Å². The van der Waals surface area contributed by atoms with Crippen molar-refractivity contribution in [3.05, 3.63) is 30.2 Å². The minimum absolute atomic E-state index is 0.318. The number of rotatable bonds is 1. The number of fused-ring (bicyclic) bond motifs is 1. The van der Waals surface area contributed by atoms with Gasteiger partial charge in [-0.2, -0.15) is 0 Å². The van der Waals surface area contributed by atoms with Crippen molar-refractivity contribution in [1.82, 2.24) is 9.55 Å². The van der Waals surface area contributed by atoms with Crippen LogP contribution in [0.5, 0.6) is 0 Å². The molecule has 0 saturated carbocycles. The lowest BCUT2D eigenvalue weighted by atomic mass is 10.2. The molecule has 0 bridgehead atoms. The number of carbonyl (C=O) groups is 1. The molecule has 0 radical (unpaired) electrons. The van der Waals surface area contributed by atoms with E-state index < -0.39 is 0 Å². The van der Waals surface area contributed by atoms with E-state index in [4.69, 9.17) is 0 Å². The maximum Gasteiger partial charge on any atom is 0.340 e. The van der Waals surface area contributed by atoms with Crippen molar-refractivity contribution < 1.29 is 9.53 Å². The highest BCUT2D eigenvalue weighted by Gasteiger charge is 2.13. The molecule has 2 rings (SSSR count). The zero-order valence-corrected chi connectivity index (χ0v) is 8.02. The fraction of sp³-hybridized carbons (Fsp3) is 0.200. The maximum atomic E-state index is 11.4. The molecule has 2 aromatic heterocycles. The van der Waals surface area contributed by atoms with Gasteiger partial charge in [0.1, 0.15) is 0 Å². The molecule has 0 aromatic carbocycles. The second-order valence-electron chi connectivity index (χ2n) is 3.04. The summed E-state index contributed by atoms with van der Waals surface area (Å²) in [6.07, 6.45) is 5.13. The van der Waals surface area contributed by atoms with Gasteiger partial charge in [-0.15, -0.1) is 0 Å². The summed E-state index contributed by atoms with van der Waals surface area (Å²) in [5.41, 5.74) is 1.50. The van der Waals surface area contributed by atoms with E-state index >= 15 is 0 Å². The van der Waals surface area contributed by atoms with Crippen LogP contribution in [0, 0.1) is 0 Å². The molecule has 4 nitrogen and oxygen atoms in total. The monoisotopic (exact) mass is 190 g/mol. The van der Waals surface area contributed by atoms with Gasteiger partial charge in [0.15, 0.2) is 0 Å². The smallest absolute Gasteiger partial charge is 0.340 e. The lowest BCUT2D eigenvalue weighted by molar-refractivity contribution is 0.0603. The van der Waals surface area contributed by atoms with Gasteiger partial charge in [-0.05, 0) is 6.07 Å². The van der Waals surface area contributed by atoms with Gasteiger partial charge in [-0.25, -0.2) is 4.79 Å². The second-order valence-corrected chi connectivity index (χ2v) is 3.04. The van der Waals surface area contributed by atoms with E-state index in [0.29, 0.717) is 5.56 Å².